The van der Waals surface area contributed by atoms with Crippen LogP contribution in [0.4, 0.5) is 11.4 Å². The summed E-state index contributed by atoms with van der Waals surface area (Å²) in [7, 11) is -4.20. The summed E-state index contributed by atoms with van der Waals surface area (Å²) >= 11 is 12.4. The summed E-state index contributed by atoms with van der Waals surface area (Å²) in [5.41, 5.74) is 3.44. The van der Waals surface area contributed by atoms with Crippen molar-refractivity contribution in [3.63, 3.8) is 0 Å². The first-order valence-corrected chi connectivity index (χ1v) is 13.9. The second-order valence-corrected chi connectivity index (χ2v) is 11.6. The second kappa shape index (κ2) is 10.7. The van der Waals surface area contributed by atoms with Gasteiger partial charge in [0.15, 0.2) is 0 Å². The average Bonchev–Trinajstić information content (AvgIpc) is 2.80. The summed E-state index contributed by atoms with van der Waals surface area (Å²) in [6, 6.07) is 14.1. The van der Waals surface area contributed by atoms with E-state index < -0.39 is 27.9 Å². The minimum Gasteiger partial charge on any atom is -0.356 e. The van der Waals surface area contributed by atoms with E-state index in [1.54, 1.807) is 68.4 Å². The van der Waals surface area contributed by atoms with E-state index in [4.69, 9.17) is 23.2 Å². The molecule has 1 aliphatic rings. The molecular formula is C27H27Cl2N3O4S. The Kier molecular flexibility index (Phi) is 7.83. The lowest BCUT2D eigenvalue weighted by Gasteiger charge is -2.37. The molecule has 3 aromatic carbocycles. The predicted octanol–water partition coefficient (Wildman–Crippen LogP) is 5.18. The van der Waals surface area contributed by atoms with Crippen LogP contribution in [0, 0.1) is 20.8 Å². The molecule has 37 heavy (non-hydrogen) atoms. The molecule has 0 aromatic heterocycles. The van der Waals surface area contributed by atoms with Crippen LogP contribution < -0.4 is 14.9 Å². The highest BCUT2D eigenvalue weighted by atomic mass is 35.5. The number of para-hydroxylation sites is 2. The fraction of sp³-hybridized carbons (Fsp3) is 0.259. The van der Waals surface area contributed by atoms with E-state index in [9.17, 15) is 18.0 Å². The zero-order valence-corrected chi connectivity index (χ0v) is 23.0. The van der Waals surface area contributed by atoms with Crippen LogP contribution in [-0.4, -0.2) is 32.8 Å². The maximum absolute atomic E-state index is 14.1. The van der Waals surface area contributed by atoms with Crippen molar-refractivity contribution in [2.75, 3.05) is 16.2 Å². The number of nitrogens with zero attached hydrogens (tertiary/aromatic N) is 1. The Balaban J connectivity index is 1.64. The third kappa shape index (κ3) is 5.46. The first kappa shape index (κ1) is 27.0. The standard InChI is InChI=1S/C27H27Cl2N3O4S/c1-16-13-17(2)26(18(3)14-16)37(35,36)32-23-10-5-4-9-22(23)31-27(34)24(32)15-25(33)30-12-11-19-20(28)7-6-8-21(19)29/h4-10,13-14,24H,11-12,15H2,1-3H3,(H,30,33)(H,31,34). The molecular weight excluding hydrogens is 533 g/mol. The van der Waals surface area contributed by atoms with Crippen LogP contribution in [-0.2, 0) is 26.0 Å². The maximum Gasteiger partial charge on any atom is 0.265 e. The summed E-state index contributed by atoms with van der Waals surface area (Å²) in [5, 5.41) is 6.49. The van der Waals surface area contributed by atoms with Gasteiger partial charge in [0.05, 0.1) is 22.7 Å². The second-order valence-electron chi connectivity index (χ2n) is 9.06. The molecule has 7 nitrogen and oxygen atoms in total. The number of sulfonamides is 1. The number of nitrogens with one attached hydrogen (secondary N) is 2. The lowest BCUT2D eigenvalue weighted by molar-refractivity contribution is -0.125. The van der Waals surface area contributed by atoms with Gasteiger partial charge in [-0.15, -0.1) is 0 Å². The summed E-state index contributed by atoms with van der Waals surface area (Å²) < 4.78 is 29.3. The summed E-state index contributed by atoms with van der Waals surface area (Å²) in [4.78, 5) is 26.2. The summed E-state index contributed by atoms with van der Waals surface area (Å²) in [6.07, 6.45) is 0.0212. The minimum atomic E-state index is -4.20. The van der Waals surface area contributed by atoms with Crippen molar-refractivity contribution >= 4 is 56.4 Å². The number of rotatable bonds is 7. The van der Waals surface area contributed by atoms with Gasteiger partial charge in [-0.25, -0.2) is 8.42 Å². The van der Waals surface area contributed by atoms with Gasteiger partial charge in [-0.05, 0) is 68.1 Å². The molecule has 0 aliphatic carbocycles. The molecule has 2 N–H and O–H groups in total. The Morgan fingerprint density at radius 3 is 2.27 bits per heavy atom. The van der Waals surface area contributed by atoms with Crippen molar-refractivity contribution in [3.05, 3.63) is 86.9 Å². The normalized spacial score (nSPS) is 15.2. The van der Waals surface area contributed by atoms with Gasteiger partial charge in [-0.3, -0.25) is 13.9 Å². The first-order chi connectivity index (χ1) is 17.5. The van der Waals surface area contributed by atoms with Crippen molar-refractivity contribution in [2.45, 2.75) is 44.6 Å². The van der Waals surface area contributed by atoms with Crippen LogP contribution >= 0.6 is 23.2 Å². The molecule has 1 heterocycles. The molecule has 0 bridgehead atoms. The number of amides is 2. The largest absolute Gasteiger partial charge is 0.356 e. The molecule has 0 radical (unpaired) electrons. The molecule has 2 amide bonds. The Hall–Kier alpha value is -3.07. The van der Waals surface area contributed by atoms with Crippen LogP contribution in [0.1, 0.15) is 28.7 Å². The molecule has 0 saturated carbocycles. The summed E-state index contributed by atoms with van der Waals surface area (Å²) in [6.45, 7) is 5.56. The zero-order valence-electron chi connectivity index (χ0n) is 20.6. The third-order valence-electron chi connectivity index (χ3n) is 6.24. The van der Waals surface area contributed by atoms with E-state index >= 15 is 0 Å². The lowest BCUT2D eigenvalue weighted by atomic mass is 10.1. The summed E-state index contributed by atoms with van der Waals surface area (Å²) in [5.74, 6) is -1.05. The smallest absolute Gasteiger partial charge is 0.265 e. The Morgan fingerprint density at radius 1 is 1.00 bits per heavy atom. The van der Waals surface area contributed by atoms with Crippen LogP contribution in [0.3, 0.4) is 0 Å². The Bertz CT molecular complexity index is 1450. The number of benzene rings is 3. The molecule has 10 heteroatoms. The number of anilines is 2. The van der Waals surface area contributed by atoms with E-state index in [0.29, 0.717) is 44.5 Å². The van der Waals surface area contributed by atoms with Crippen LogP contribution in [0.15, 0.2) is 59.5 Å². The molecule has 0 fully saturated rings. The monoisotopic (exact) mass is 559 g/mol. The number of aryl methyl sites for hydroxylation is 3. The number of carbonyl (C=O) groups is 2. The minimum absolute atomic E-state index is 0.126. The molecule has 194 valence electrons. The average molecular weight is 561 g/mol. The predicted molar refractivity (Wildman–Crippen MR) is 147 cm³/mol. The van der Waals surface area contributed by atoms with E-state index in [2.05, 4.69) is 10.6 Å². The third-order valence-corrected chi connectivity index (χ3v) is 9.08. The number of halogens is 2. The zero-order chi connectivity index (χ0) is 26.9. The molecule has 0 spiro atoms. The highest BCUT2D eigenvalue weighted by Crippen LogP contribution is 2.38. The Morgan fingerprint density at radius 2 is 1.62 bits per heavy atom. The first-order valence-electron chi connectivity index (χ1n) is 11.7. The van der Waals surface area contributed by atoms with Crippen molar-refractivity contribution < 1.29 is 18.0 Å². The van der Waals surface area contributed by atoms with Gasteiger partial charge in [0, 0.05) is 16.6 Å². The van der Waals surface area contributed by atoms with Gasteiger partial charge < -0.3 is 10.6 Å². The Labute approximate surface area is 226 Å². The lowest BCUT2D eigenvalue weighted by Crippen LogP contribution is -2.53. The number of carbonyl (C=O) groups excluding carboxylic acids is 2. The highest BCUT2D eigenvalue weighted by molar-refractivity contribution is 7.93. The molecule has 3 aromatic rings. The molecule has 1 unspecified atom stereocenters. The van der Waals surface area contributed by atoms with Crippen LogP contribution in [0.25, 0.3) is 0 Å². The van der Waals surface area contributed by atoms with Gasteiger partial charge in [0.2, 0.25) is 11.8 Å². The van der Waals surface area contributed by atoms with Crippen molar-refractivity contribution in [3.8, 4) is 0 Å². The van der Waals surface area contributed by atoms with Gasteiger partial charge in [0.25, 0.3) is 10.0 Å². The molecule has 0 saturated heterocycles. The van der Waals surface area contributed by atoms with Crippen LogP contribution in [0.2, 0.25) is 10.0 Å². The van der Waals surface area contributed by atoms with E-state index in [1.165, 1.54) is 0 Å². The van der Waals surface area contributed by atoms with Gasteiger partial charge >= 0.3 is 0 Å². The van der Waals surface area contributed by atoms with E-state index in [-0.39, 0.29) is 17.9 Å². The van der Waals surface area contributed by atoms with Crippen molar-refractivity contribution in [2.24, 2.45) is 0 Å². The van der Waals surface area contributed by atoms with Crippen molar-refractivity contribution in [1.29, 1.82) is 0 Å². The van der Waals surface area contributed by atoms with Gasteiger partial charge in [0.1, 0.15) is 6.04 Å². The SMILES string of the molecule is Cc1cc(C)c(S(=O)(=O)N2c3ccccc3NC(=O)C2CC(=O)NCCc2c(Cl)cccc2Cl)c(C)c1. The van der Waals surface area contributed by atoms with E-state index in [1.807, 2.05) is 6.92 Å². The number of fused-ring (bicyclic) bond motifs is 1. The fourth-order valence-corrected chi connectivity index (χ4v) is 7.39. The van der Waals surface area contributed by atoms with Gasteiger partial charge in [-0.2, -0.15) is 0 Å². The molecule has 1 atom stereocenters. The molecule has 4 rings (SSSR count). The maximum atomic E-state index is 14.1. The van der Waals surface area contributed by atoms with Crippen molar-refractivity contribution in [1.82, 2.24) is 5.32 Å². The van der Waals surface area contributed by atoms with E-state index in [0.717, 1.165) is 9.87 Å². The number of hydrogen-bond acceptors (Lipinski definition) is 4. The fourth-order valence-electron chi connectivity index (χ4n) is 4.75. The number of hydrogen-bond donors (Lipinski definition) is 2. The van der Waals surface area contributed by atoms with Crippen LogP contribution in [0.5, 0.6) is 0 Å². The van der Waals surface area contributed by atoms with Gasteiger partial charge in [-0.1, -0.05) is 59.1 Å². The topological polar surface area (TPSA) is 95.6 Å². The molecule has 1 aliphatic heterocycles. The quantitative estimate of drug-likeness (QED) is 0.416. The highest BCUT2D eigenvalue weighted by Gasteiger charge is 2.42.